The Kier molecular flexibility index (Phi) is 5.03. The fourth-order valence-electron chi connectivity index (χ4n) is 1.12. The number of hydrogen-bond acceptors (Lipinski definition) is 3. The van der Waals surface area contributed by atoms with E-state index in [4.69, 9.17) is 9.84 Å². The number of aryl methyl sites for hydroxylation is 1. The van der Waals surface area contributed by atoms with Crippen LogP contribution in [0.25, 0.3) is 0 Å². The summed E-state index contributed by atoms with van der Waals surface area (Å²) in [5.74, 6) is -3.48. The average Bonchev–Trinajstić information content (AvgIpc) is 2.36. The highest BCUT2D eigenvalue weighted by Gasteiger charge is 2.28. The quantitative estimate of drug-likeness (QED) is 0.804. The molecule has 18 heavy (non-hydrogen) atoms. The van der Waals surface area contributed by atoms with Crippen molar-refractivity contribution in [2.24, 2.45) is 0 Å². The Morgan fingerprint density at radius 2 is 2.00 bits per heavy atom. The molecule has 6 heteroatoms. The predicted octanol–water partition coefficient (Wildman–Crippen LogP) is 1.12. The second-order valence-corrected chi connectivity index (χ2v) is 3.89. The summed E-state index contributed by atoms with van der Waals surface area (Å²) in [6.07, 6.45) is 0. The van der Waals surface area contributed by atoms with Crippen LogP contribution < -0.4 is 10.1 Å². The Labute approximate surface area is 104 Å². The van der Waals surface area contributed by atoms with Crippen molar-refractivity contribution in [3.63, 3.8) is 0 Å². The van der Waals surface area contributed by atoms with Gasteiger partial charge in [-0.3, -0.25) is 4.79 Å². The van der Waals surface area contributed by atoms with Crippen molar-refractivity contribution in [1.29, 1.82) is 0 Å². The van der Waals surface area contributed by atoms with Crippen LogP contribution in [0, 0.1) is 6.92 Å². The SMILES string of the molecule is Cc1ccc(OCC(=O)NCC(F)(F)CO)cc1. The maximum absolute atomic E-state index is 12.6. The first-order chi connectivity index (χ1) is 8.43. The van der Waals surface area contributed by atoms with Crippen LogP contribution in [0.2, 0.25) is 0 Å². The lowest BCUT2D eigenvalue weighted by molar-refractivity contribution is -0.126. The number of ether oxygens (including phenoxy) is 1. The van der Waals surface area contributed by atoms with Crippen molar-refractivity contribution in [3.8, 4) is 5.75 Å². The molecular formula is C12H15F2NO3. The summed E-state index contributed by atoms with van der Waals surface area (Å²) in [7, 11) is 0. The first-order valence-electron chi connectivity index (χ1n) is 5.38. The third-order valence-corrected chi connectivity index (χ3v) is 2.17. The minimum Gasteiger partial charge on any atom is -0.484 e. The van der Waals surface area contributed by atoms with Gasteiger partial charge in [0.2, 0.25) is 0 Å². The van der Waals surface area contributed by atoms with Crippen LogP contribution in [-0.4, -0.2) is 36.7 Å². The second-order valence-electron chi connectivity index (χ2n) is 3.89. The smallest absolute Gasteiger partial charge is 0.287 e. The molecule has 0 radical (unpaired) electrons. The molecule has 0 bridgehead atoms. The van der Waals surface area contributed by atoms with E-state index in [1.807, 2.05) is 24.4 Å². The number of alkyl halides is 2. The highest BCUT2D eigenvalue weighted by atomic mass is 19.3. The van der Waals surface area contributed by atoms with Gasteiger partial charge in [0, 0.05) is 0 Å². The van der Waals surface area contributed by atoms with E-state index in [1.54, 1.807) is 12.1 Å². The molecule has 1 rings (SSSR count). The molecule has 0 saturated carbocycles. The Morgan fingerprint density at radius 3 is 2.56 bits per heavy atom. The molecule has 0 saturated heterocycles. The number of aliphatic hydroxyl groups excluding tert-OH is 1. The largest absolute Gasteiger partial charge is 0.484 e. The molecule has 1 aromatic carbocycles. The molecule has 0 fully saturated rings. The number of halogens is 2. The molecule has 0 aliphatic carbocycles. The summed E-state index contributed by atoms with van der Waals surface area (Å²) in [6, 6.07) is 7.00. The van der Waals surface area contributed by atoms with Crippen molar-refractivity contribution < 1.29 is 23.4 Å². The fourth-order valence-corrected chi connectivity index (χ4v) is 1.12. The summed E-state index contributed by atoms with van der Waals surface area (Å²) in [5.41, 5.74) is 1.05. The van der Waals surface area contributed by atoms with Gasteiger partial charge in [-0.25, -0.2) is 8.78 Å². The summed E-state index contributed by atoms with van der Waals surface area (Å²) >= 11 is 0. The molecule has 0 heterocycles. The third kappa shape index (κ3) is 5.09. The minimum absolute atomic E-state index is 0.343. The molecule has 0 aliphatic heterocycles. The molecule has 0 atom stereocenters. The normalized spacial score (nSPS) is 11.1. The van der Waals surface area contributed by atoms with E-state index in [2.05, 4.69) is 0 Å². The number of aliphatic hydroxyl groups is 1. The first kappa shape index (κ1) is 14.4. The van der Waals surface area contributed by atoms with E-state index in [0.717, 1.165) is 5.56 Å². The van der Waals surface area contributed by atoms with Crippen molar-refractivity contribution >= 4 is 5.91 Å². The van der Waals surface area contributed by atoms with Gasteiger partial charge in [0.05, 0.1) is 6.54 Å². The van der Waals surface area contributed by atoms with Crippen LogP contribution >= 0.6 is 0 Å². The van der Waals surface area contributed by atoms with Crippen LogP contribution in [-0.2, 0) is 4.79 Å². The molecule has 0 spiro atoms. The van der Waals surface area contributed by atoms with Crippen LogP contribution in [0.1, 0.15) is 5.56 Å². The number of carbonyl (C=O) groups is 1. The van der Waals surface area contributed by atoms with Gasteiger partial charge in [-0.15, -0.1) is 0 Å². The Balaban J connectivity index is 2.31. The van der Waals surface area contributed by atoms with Gasteiger partial charge >= 0.3 is 0 Å². The van der Waals surface area contributed by atoms with E-state index in [0.29, 0.717) is 5.75 Å². The van der Waals surface area contributed by atoms with Crippen molar-refractivity contribution in [2.75, 3.05) is 19.8 Å². The highest BCUT2D eigenvalue weighted by molar-refractivity contribution is 5.77. The van der Waals surface area contributed by atoms with Gasteiger partial charge in [-0.2, -0.15) is 0 Å². The number of rotatable bonds is 6. The van der Waals surface area contributed by atoms with E-state index in [9.17, 15) is 13.6 Å². The number of amides is 1. The van der Waals surface area contributed by atoms with E-state index < -0.39 is 25.0 Å². The van der Waals surface area contributed by atoms with Crippen molar-refractivity contribution in [2.45, 2.75) is 12.8 Å². The van der Waals surface area contributed by atoms with Crippen LogP contribution in [0.3, 0.4) is 0 Å². The molecule has 0 aliphatic rings. The van der Waals surface area contributed by atoms with E-state index >= 15 is 0 Å². The minimum atomic E-state index is -3.31. The average molecular weight is 259 g/mol. The lowest BCUT2D eigenvalue weighted by atomic mass is 10.2. The van der Waals surface area contributed by atoms with E-state index in [-0.39, 0.29) is 6.61 Å². The number of nitrogens with one attached hydrogen (secondary N) is 1. The molecule has 1 amide bonds. The predicted molar refractivity (Wildman–Crippen MR) is 61.7 cm³/mol. The molecule has 100 valence electrons. The molecule has 2 N–H and O–H groups in total. The highest BCUT2D eigenvalue weighted by Crippen LogP contribution is 2.11. The van der Waals surface area contributed by atoms with Gasteiger partial charge in [-0.1, -0.05) is 17.7 Å². The lowest BCUT2D eigenvalue weighted by Crippen LogP contribution is -2.40. The van der Waals surface area contributed by atoms with Crippen molar-refractivity contribution in [3.05, 3.63) is 29.8 Å². The summed E-state index contributed by atoms with van der Waals surface area (Å²) in [5, 5.41) is 10.3. The summed E-state index contributed by atoms with van der Waals surface area (Å²) in [6.45, 7) is -0.635. The van der Waals surface area contributed by atoms with Gasteiger partial charge in [0.15, 0.2) is 6.61 Å². The maximum atomic E-state index is 12.6. The maximum Gasteiger partial charge on any atom is 0.287 e. The molecule has 1 aromatic rings. The zero-order valence-corrected chi connectivity index (χ0v) is 9.95. The Morgan fingerprint density at radius 1 is 1.39 bits per heavy atom. The fraction of sp³-hybridized carbons (Fsp3) is 0.417. The van der Waals surface area contributed by atoms with Crippen molar-refractivity contribution in [1.82, 2.24) is 5.32 Å². The van der Waals surface area contributed by atoms with E-state index in [1.165, 1.54) is 0 Å². The molecule has 4 nitrogen and oxygen atoms in total. The standard InChI is InChI=1S/C12H15F2NO3/c1-9-2-4-10(5-3-9)18-6-11(17)15-7-12(13,14)8-16/h2-5,16H,6-8H2,1H3,(H,15,17). The van der Waals surface area contributed by atoms with Gasteiger partial charge in [-0.05, 0) is 19.1 Å². The van der Waals surface area contributed by atoms with Crippen LogP contribution in [0.15, 0.2) is 24.3 Å². The van der Waals surface area contributed by atoms with Gasteiger partial charge in [0.1, 0.15) is 12.4 Å². The molecule has 0 aromatic heterocycles. The topological polar surface area (TPSA) is 58.6 Å². The molecular weight excluding hydrogens is 244 g/mol. The lowest BCUT2D eigenvalue weighted by Gasteiger charge is -2.14. The summed E-state index contributed by atoms with van der Waals surface area (Å²) < 4.78 is 30.3. The zero-order chi connectivity index (χ0) is 13.6. The zero-order valence-electron chi connectivity index (χ0n) is 9.95. The van der Waals surface area contributed by atoms with Crippen LogP contribution in [0.4, 0.5) is 8.78 Å². The third-order valence-electron chi connectivity index (χ3n) is 2.17. The summed E-state index contributed by atoms with van der Waals surface area (Å²) in [4.78, 5) is 11.2. The monoisotopic (exact) mass is 259 g/mol. The van der Waals surface area contributed by atoms with Gasteiger partial charge < -0.3 is 15.2 Å². The Hall–Kier alpha value is -1.69. The van der Waals surface area contributed by atoms with Gasteiger partial charge in [0.25, 0.3) is 11.8 Å². The Bertz CT molecular complexity index is 393. The number of hydrogen-bond donors (Lipinski definition) is 2. The number of carbonyl (C=O) groups excluding carboxylic acids is 1. The first-order valence-corrected chi connectivity index (χ1v) is 5.38. The number of benzene rings is 1. The molecule has 0 unspecified atom stereocenters. The van der Waals surface area contributed by atoms with Crippen LogP contribution in [0.5, 0.6) is 5.75 Å². The second kappa shape index (κ2) is 6.30.